The molecule has 0 aliphatic carbocycles. The van der Waals surface area contributed by atoms with Crippen molar-refractivity contribution in [3.8, 4) is 0 Å². The number of ether oxygens (including phenoxy) is 2. The van der Waals surface area contributed by atoms with E-state index in [0.717, 1.165) is 66.5 Å². The largest absolute Gasteiger partial charge is 2.00 e. The van der Waals surface area contributed by atoms with E-state index in [1.807, 2.05) is 0 Å². The van der Waals surface area contributed by atoms with Gasteiger partial charge in [-0.05, 0) is 0 Å². The zero-order valence-corrected chi connectivity index (χ0v) is 13.4. The number of carboxylic acids is 2. The van der Waals surface area contributed by atoms with Crippen LogP contribution in [0.4, 0.5) is 0 Å². The number of carboxylic acid groups (broad SMARTS) is 2. The van der Waals surface area contributed by atoms with Crippen LogP contribution in [0, 0.1) is 0 Å². The predicted molar refractivity (Wildman–Crippen MR) is 74.0 cm³/mol. The third-order valence-electron chi connectivity index (χ3n) is 1.69. The molecule has 0 spiro atoms. The molecule has 0 aromatic rings. The fourth-order valence-corrected chi connectivity index (χ4v) is 1.03. The summed E-state index contributed by atoms with van der Waals surface area (Å²) in [6.45, 7) is 9.83. The van der Waals surface area contributed by atoms with E-state index in [0.29, 0.717) is 0 Å². The van der Waals surface area contributed by atoms with Crippen molar-refractivity contribution in [1.82, 2.24) is 10.6 Å². The Labute approximate surface area is 136 Å². The maximum Gasteiger partial charge on any atom is 2.00 e. The first-order valence-corrected chi connectivity index (χ1v) is 6.42. The Bertz CT molecular complexity index is 181. The second-order valence-corrected chi connectivity index (χ2v) is 3.76. The molecule has 1 radical (unpaired) electrons. The molecule has 0 aromatic carbocycles. The van der Waals surface area contributed by atoms with Gasteiger partial charge in [-0.1, -0.05) is 0 Å². The van der Waals surface area contributed by atoms with Crippen molar-refractivity contribution in [2.45, 2.75) is 13.8 Å². The molecule has 2 rings (SSSR count). The van der Waals surface area contributed by atoms with Gasteiger partial charge in [-0.15, -0.1) is 0 Å². The summed E-state index contributed by atoms with van der Waals surface area (Å²) in [6, 6.07) is 0. The van der Waals surface area contributed by atoms with Crippen LogP contribution >= 0.6 is 0 Å². The Morgan fingerprint density at radius 2 is 0.952 bits per heavy atom. The van der Waals surface area contributed by atoms with E-state index >= 15 is 0 Å². The van der Waals surface area contributed by atoms with E-state index in [-0.39, 0.29) is 17.1 Å². The van der Waals surface area contributed by atoms with Crippen LogP contribution in [0.2, 0.25) is 0 Å². The third kappa shape index (κ3) is 45.2. The fraction of sp³-hybridized carbons (Fsp3) is 0.833. The van der Waals surface area contributed by atoms with Crippen LogP contribution in [0.15, 0.2) is 0 Å². The number of hydrogen-bond acceptors (Lipinski definition) is 6. The van der Waals surface area contributed by atoms with Crippen molar-refractivity contribution < 1.29 is 46.3 Å². The zero-order chi connectivity index (χ0) is 15.6. The van der Waals surface area contributed by atoms with Gasteiger partial charge in [0.25, 0.3) is 11.9 Å². The second kappa shape index (κ2) is 21.6. The van der Waals surface area contributed by atoms with Gasteiger partial charge in [0.2, 0.25) is 0 Å². The molecule has 0 atom stereocenters. The van der Waals surface area contributed by atoms with Crippen LogP contribution in [-0.2, 0) is 36.1 Å². The molecule has 0 bridgehead atoms. The molecule has 2 aliphatic rings. The Morgan fingerprint density at radius 3 is 1.00 bits per heavy atom. The number of aliphatic carboxylic acids is 2. The standard InChI is InChI=1S/2C4H9NO.2C2H4O2.Cu/c2*1-3-6-4-2-5-1;2*1-2(3)4;/h2*5H,1-4H2;2*1H3,(H,3,4);/q;;;;+2. The maximum atomic E-state index is 9.00. The van der Waals surface area contributed by atoms with E-state index < -0.39 is 11.9 Å². The van der Waals surface area contributed by atoms with Gasteiger partial charge in [0.05, 0.1) is 26.4 Å². The van der Waals surface area contributed by atoms with Crippen LogP contribution < -0.4 is 10.6 Å². The number of rotatable bonds is 0. The van der Waals surface area contributed by atoms with Gasteiger partial charge in [0.15, 0.2) is 0 Å². The maximum absolute atomic E-state index is 9.00. The summed E-state index contributed by atoms with van der Waals surface area (Å²) < 4.78 is 10.0. The van der Waals surface area contributed by atoms with E-state index in [2.05, 4.69) is 10.6 Å². The number of carbonyl (C=O) groups is 2. The fourth-order valence-electron chi connectivity index (χ4n) is 1.03. The molecule has 2 heterocycles. The minimum atomic E-state index is -0.833. The molecular formula is C12H26CuN2O6+2. The van der Waals surface area contributed by atoms with Crippen LogP contribution in [0.5, 0.6) is 0 Å². The molecule has 2 saturated heterocycles. The minimum Gasteiger partial charge on any atom is -0.481 e. The summed E-state index contributed by atoms with van der Waals surface area (Å²) in [6.07, 6.45) is 0. The molecule has 4 N–H and O–H groups in total. The van der Waals surface area contributed by atoms with Gasteiger partial charge < -0.3 is 30.3 Å². The van der Waals surface area contributed by atoms with E-state index in [4.69, 9.17) is 29.3 Å². The van der Waals surface area contributed by atoms with Gasteiger partial charge in [-0.3, -0.25) is 9.59 Å². The van der Waals surface area contributed by atoms with Crippen molar-refractivity contribution in [3.05, 3.63) is 0 Å². The van der Waals surface area contributed by atoms with E-state index in [1.165, 1.54) is 0 Å². The van der Waals surface area contributed by atoms with Crippen LogP contribution in [0.1, 0.15) is 13.8 Å². The molecule has 129 valence electrons. The topological polar surface area (TPSA) is 117 Å². The molecule has 2 fully saturated rings. The van der Waals surface area contributed by atoms with E-state index in [1.54, 1.807) is 0 Å². The minimum absolute atomic E-state index is 0. The number of nitrogens with one attached hydrogen (secondary N) is 2. The molecule has 9 heteroatoms. The SMILES string of the molecule is C1COCCN1.C1COCCN1.CC(=O)O.CC(=O)O.[Cu+2]. The van der Waals surface area contributed by atoms with Gasteiger partial charge in [-0.2, -0.15) is 0 Å². The first kappa shape index (κ1) is 25.3. The Balaban J connectivity index is -0.000000208. The van der Waals surface area contributed by atoms with Crippen molar-refractivity contribution in [1.29, 1.82) is 0 Å². The molecular weight excluding hydrogens is 332 g/mol. The van der Waals surface area contributed by atoms with Gasteiger partial charge in [-0.25, -0.2) is 0 Å². The molecule has 0 saturated carbocycles. The molecule has 0 amide bonds. The summed E-state index contributed by atoms with van der Waals surface area (Å²) in [7, 11) is 0. The van der Waals surface area contributed by atoms with Gasteiger partial charge in [0.1, 0.15) is 0 Å². The van der Waals surface area contributed by atoms with Crippen molar-refractivity contribution in [2.75, 3.05) is 52.6 Å². The predicted octanol–water partition coefficient (Wildman–Crippen LogP) is -0.608. The quantitative estimate of drug-likeness (QED) is 0.424. The van der Waals surface area contributed by atoms with Crippen molar-refractivity contribution >= 4 is 11.9 Å². The smallest absolute Gasteiger partial charge is 0.481 e. The van der Waals surface area contributed by atoms with E-state index in [9.17, 15) is 0 Å². The second-order valence-electron chi connectivity index (χ2n) is 3.76. The Kier molecular flexibility index (Phi) is 26.0. The summed E-state index contributed by atoms with van der Waals surface area (Å²) in [5.41, 5.74) is 0. The average Bonchev–Trinajstić information content (AvgIpc) is 2.42. The average molecular weight is 358 g/mol. The monoisotopic (exact) mass is 357 g/mol. The molecule has 2 aliphatic heterocycles. The zero-order valence-electron chi connectivity index (χ0n) is 12.5. The third-order valence-corrected chi connectivity index (χ3v) is 1.69. The molecule has 8 nitrogen and oxygen atoms in total. The first-order chi connectivity index (χ1) is 9.46. The van der Waals surface area contributed by atoms with Crippen molar-refractivity contribution in [3.63, 3.8) is 0 Å². The van der Waals surface area contributed by atoms with Gasteiger partial charge >= 0.3 is 17.1 Å². The molecule has 0 aromatic heterocycles. The number of morpholine rings is 2. The molecule has 21 heavy (non-hydrogen) atoms. The van der Waals surface area contributed by atoms with Crippen LogP contribution in [-0.4, -0.2) is 74.8 Å². The number of hydrogen-bond donors (Lipinski definition) is 4. The molecule has 0 unspecified atom stereocenters. The Hall–Kier alpha value is -0.701. The van der Waals surface area contributed by atoms with Crippen molar-refractivity contribution in [2.24, 2.45) is 0 Å². The summed E-state index contributed by atoms with van der Waals surface area (Å²) in [5, 5.41) is 21.2. The Morgan fingerprint density at radius 1 is 0.762 bits per heavy atom. The summed E-state index contributed by atoms with van der Waals surface area (Å²) in [4.78, 5) is 18.0. The normalized spacial score (nSPS) is 16.1. The van der Waals surface area contributed by atoms with Crippen LogP contribution in [0.3, 0.4) is 0 Å². The summed E-state index contributed by atoms with van der Waals surface area (Å²) in [5.74, 6) is -1.67. The van der Waals surface area contributed by atoms with Crippen LogP contribution in [0.25, 0.3) is 0 Å². The first-order valence-electron chi connectivity index (χ1n) is 6.42. The van der Waals surface area contributed by atoms with Gasteiger partial charge in [0, 0.05) is 40.0 Å². The summed E-state index contributed by atoms with van der Waals surface area (Å²) >= 11 is 0.